The Morgan fingerprint density at radius 3 is 2.83 bits per heavy atom. The molecule has 0 saturated carbocycles. The molecule has 3 unspecified atom stereocenters. The molecule has 1 aliphatic rings. The van der Waals surface area contributed by atoms with E-state index in [1.165, 1.54) is 6.40 Å². The summed E-state index contributed by atoms with van der Waals surface area (Å²) >= 11 is 0. The van der Waals surface area contributed by atoms with E-state index in [0.29, 0.717) is 6.61 Å². The van der Waals surface area contributed by atoms with E-state index in [2.05, 4.69) is 4.99 Å². The maximum absolute atomic E-state index is 11.8. The maximum atomic E-state index is 11.8. The Balaban J connectivity index is 2.11. The molecule has 0 amide bonds. The quantitative estimate of drug-likeness (QED) is 0.766. The lowest BCUT2D eigenvalue weighted by atomic mass is 9.91. The fraction of sp³-hybridized carbons (Fsp3) is 0.429. The third-order valence-corrected chi connectivity index (χ3v) is 3.10. The highest BCUT2D eigenvalue weighted by atomic mass is 16.5. The second-order valence-electron chi connectivity index (χ2n) is 4.25. The van der Waals surface area contributed by atoms with E-state index in [9.17, 15) is 4.79 Å². The Kier molecular flexibility index (Phi) is 3.97. The van der Waals surface area contributed by atoms with Crippen LogP contribution in [0.3, 0.4) is 0 Å². The van der Waals surface area contributed by atoms with Gasteiger partial charge in [-0.1, -0.05) is 37.3 Å². The lowest BCUT2D eigenvalue weighted by molar-refractivity contribution is -0.146. The second kappa shape index (κ2) is 5.67. The van der Waals surface area contributed by atoms with Gasteiger partial charge in [-0.25, -0.2) is 9.79 Å². The molecule has 4 heteroatoms. The van der Waals surface area contributed by atoms with Crippen LogP contribution in [0.4, 0.5) is 0 Å². The summed E-state index contributed by atoms with van der Waals surface area (Å²) in [5, 5.41) is 0. The number of rotatable bonds is 4. The summed E-state index contributed by atoms with van der Waals surface area (Å²) in [4.78, 5) is 15.8. The van der Waals surface area contributed by atoms with E-state index in [0.717, 1.165) is 5.56 Å². The van der Waals surface area contributed by atoms with Gasteiger partial charge in [-0.15, -0.1) is 0 Å². The average Bonchev–Trinajstić information content (AvgIpc) is 2.88. The first-order chi connectivity index (χ1) is 8.74. The zero-order valence-corrected chi connectivity index (χ0v) is 10.6. The molecule has 1 aromatic carbocycles. The van der Waals surface area contributed by atoms with Crippen molar-refractivity contribution in [2.45, 2.75) is 31.9 Å². The van der Waals surface area contributed by atoms with Gasteiger partial charge >= 0.3 is 5.97 Å². The normalized spacial score (nSPS) is 23.4. The average molecular weight is 247 g/mol. The molecule has 1 heterocycles. The molecule has 4 nitrogen and oxygen atoms in total. The van der Waals surface area contributed by atoms with Crippen molar-refractivity contribution in [1.82, 2.24) is 0 Å². The van der Waals surface area contributed by atoms with Crippen molar-refractivity contribution in [3.8, 4) is 0 Å². The molecule has 0 N–H and O–H groups in total. The van der Waals surface area contributed by atoms with Crippen molar-refractivity contribution in [1.29, 1.82) is 0 Å². The fourth-order valence-corrected chi connectivity index (χ4v) is 2.09. The van der Waals surface area contributed by atoms with Crippen LogP contribution >= 0.6 is 0 Å². The highest BCUT2D eigenvalue weighted by Crippen LogP contribution is 2.27. The van der Waals surface area contributed by atoms with E-state index in [1.807, 2.05) is 37.3 Å². The van der Waals surface area contributed by atoms with Crippen molar-refractivity contribution in [3.05, 3.63) is 35.9 Å². The summed E-state index contributed by atoms with van der Waals surface area (Å²) in [5.74, 6) is -0.234. The molecule has 96 valence electrons. The molecule has 0 spiro atoms. The first-order valence-corrected chi connectivity index (χ1v) is 6.12. The molecule has 1 aliphatic heterocycles. The van der Waals surface area contributed by atoms with Gasteiger partial charge in [0.25, 0.3) is 0 Å². The minimum atomic E-state index is -0.555. The number of hydrogen-bond donors (Lipinski definition) is 0. The summed E-state index contributed by atoms with van der Waals surface area (Å²) in [6.07, 6.45) is 1.07. The molecule has 18 heavy (non-hydrogen) atoms. The maximum Gasteiger partial charge on any atom is 0.334 e. The number of ether oxygens (including phenoxy) is 2. The van der Waals surface area contributed by atoms with Gasteiger partial charge < -0.3 is 9.47 Å². The van der Waals surface area contributed by atoms with Crippen LogP contribution in [0.2, 0.25) is 0 Å². The molecule has 0 saturated heterocycles. The number of esters is 1. The zero-order valence-electron chi connectivity index (χ0n) is 10.6. The van der Waals surface area contributed by atoms with Crippen molar-refractivity contribution in [3.63, 3.8) is 0 Å². The summed E-state index contributed by atoms with van der Waals surface area (Å²) in [6, 6.07) is 9.40. The smallest absolute Gasteiger partial charge is 0.334 e. The zero-order chi connectivity index (χ0) is 13.0. The topological polar surface area (TPSA) is 47.9 Å². The highest BCUT2D eigenvalue weighted by Gasteiger charge is 2.38. The Morgan fingerprint density at radius 2 is 2.17 bits per heavy atom. The van der Waals surface area contributed by atoms with Gasteiger partial charge in [0.1, 0.15) is 6.10 Å². The molecule has 0 aliphatic carbocycles. The first kappa shape index (κ1) is 12.6. The van der Waals surface area contributed by atoms with Crippen LogP contribution in [-0.4, -0.2) is 31.1 Å². The molecule has 1 aromatic rings. The predicted octanol–water partition coefficient (Wildman–Crippen LogP) is 2.15. The molecule has 0 aromatic heterocycles. The van der Waals surface area contributed by atoms with Crippen molar-refractivity contribution in [2.75, 3.05) is 6.61 Å². The van der Waals surface area contributed by atoms with Crippen LogP contribution in [0, 0.1) is 0 Å². The summed E-state index contributed by atoms with van der Waals surface area (Å²) in [5.41, 5.74) is 1.13. The third kappa shape index (κ3) is 2.53. The van der Waals surface area contributed by atoms with E-state index in [4.69, 9.17) is 9.47 Å². The first-order valence-electron chi connectivity index (χ1n) is 6.12. The van der Waals surface area contributed by atoms with Crippen molar-refractivity contribution >= 4 is 12.4 Å². The van der Waals surface area contributed by atoms with Gasteiger partial charge in [-0.05, 0) is 12.5 Å². The largest absolute Gasteiger partial charge is 0.477 e. The van der Waals surface area contributed by atoms with E-state index in [1.54, 1.807) is 6.92 Å². The number of nitrogens with zero attached hydrogens (tertiary/aromatic N) is 1. The number of hydrogen-bond acceptors (Lipinski definition) is 4. The number of benzene rings is 1. The van der Waals surface area contributed by atoms with Crippen LogP contribution in [0.25, 0.3) is 0 Å². The molecule has 3 atom stereocenters. The van der Waals surface area contributed by atoms with Gasteiger partial charge in [-0.2, -0.15) is 0 Å². The number of carbonyl (C=O) groups excluding carboxylic acids is 1. The van der Waals surface area contributed by atoms with Crippen LogP contribution in [0.15, 0.2) is 35.3 Å². The van der Waals surface area contributed by atoms with Crippen LogP contribution < -0.4 is 0 Å². The molecular formula is C14H17NO3. The fourth-order valence-electron chi connectivity index (χ4n) is 2.09. The summed E-state index contributed by atoms with van der Waals surface area (Å²) in [6.45, 7) is 4.17. The van der Waals surface area contributed by atoms with Crippen molar-refractivity contribution in [2.24, 2.45) is 4.99 Å². The van der Waals surface area contributed by atoms with Crippen molar-refractivity contribution < 1.29 is 14.3 Å². The SMILES string of the molecule is CCOC(=O)C1N=COC1C(C)c1ccccc1. The van der Waals surface area contributed by atoms with Crippen LogP contribution in [0.5, 0.6) is 0 Å². The van der Waals surface area contributed by atoms with Gasteiger partial charge in [0, 0.05) is 5.92 Å². The summed E-state index contributed by atoms with van der Waals surface area (Å²) < 4.78 is 10.5. The highest BCUT2D eigenvalue weighted by molar-refractivity contribution is 5.80. The molecule has 0 fully saturated rings. The Labute approximate surface area is 107 Å². The number of carbonyl (C=O) groups is 1. The lowest BCUT2D eigenvalue weighted by Gasteiger charge is -2.22. The Hall–Kier alpha value is -1.84. The predicted molar refractivity (Wildman–Crippen MR) is 68.6 cm³/mol. The van der Waals surface area contributed by atoms with E-state index in [-0.39, 0.29) is 18.0 Å². The Bertz CT molecular complexity index is 430. The minimum Gasteiger partial charge on any atom is -0.477 e. The standard InChI is InChI=1S/C14H17NO3/c1-3-17-14(16)12-13(18-9-15-12)10(2)11-7-5-4-6-8-11/h4-10,12-13H,3H2,1-2H3. The van der Waals surface area contributed by atoms with Gasteiger partial charge in [0.05, 0.1) is 6.61 Å². The van der Waals surface area contributed by atoms with Crippen LogP contribution in [0.1, 0.15) is 25.3 Å². The van der Waals surface area contributed by atoms with Gasteiger partial charge in [0.2, 0.25) is 0 Å². The van der Waals surface area contributed by atoms with Crippen LogP contribution in [-0.2, 0) is 14.3 Å². The second-order valence-corrected chi connectivity index (χ2v) is 4.25. The monoisotopic (exact) mass is 247 g/mol. The molecular weight excluding hydrogens is 230 g/mol. The van der Waals surface area contributed by atoms with E-state index < -0.39 is 6.04 Å². The van der Waals surface area contributed by atoms with Gasteiger partial charge in [0.15, 0.2) is 12.4 Å². The third-order valence-electron chi connectivity index (χ3n) is 3.10. The molecule has 2 rings (SSSR count). The van der Waals surface area contributed by atoms with E-state index >= 15 is 0 Å². The molecule has 0 radical (unpaired) electrons. The summed E-state index contributed by atoms with van der Waals surface area (Å²) in [7, 11) is 0. The molecule has 0 bridgehead atoms. The lowest BCUT2D eigenvalue weighted by Crippen LogP contribution is -2.35. The minimum absolute atomic E-state index is 0.0862. The number of aliphatic imine (C=N–C) groups is 1. The van der Waals surface area contributed by atoms with Gasteiger partial charge in [-0.3, -0.25) is 0 Å². The Morgan fingerprint density at radius 1 is 1.44 bits per heavy atom.